The van der Waals surface area contributed by atoms with Crippen LogP contribution in [-0.4, -0.2) is 49.3 Å². The molecular weight excluding hydrogens is 762 g/mol. The van der Waals surface area contributed by atoms with E-state index in [0.717, 1.165) is 89.9 Å². The number of esters is 2. The van der Waals surface area contributed by atoms with Crippen LogP contribution >= 0.6 is 7.82 Å². The number of unbranched alkanes of at least 4 members (excludes halogenated alkanes) is 9. The first-order valence-corrected chi connectivity index (χ1v) is 23.9. The monoisotopic (exact) mass is 842 g/mol. The van der Waals surface area contributed by atoms with Gasteiger partial charge in [-0.3, -0.25) is 18.6 Å². The number of ether oxygens (including phenoxy) is 2. The predicted octanol–water partition coefficient (Wildman–Crippen LogP) is 13.2. The third kappa shape index (κ3) is 44.1. The molecule has 0 radical (unpaired) electrons. The van der Waals surface area contributed by atoms with Crippen LogP contribution < -0.4 is 5.73 Å². The van der Waals surface area contributed by atoms with Crippen molar-refractivity contribution in [2.45, 2.75) is 161 Å². The van der Waals surface area contributed by atoms with Gasteiger partial charge in [-0.15, -0.1) is 0 Å². The van der Waals surface area contributed by atoms with E-state index >= 15 is 0 Å². The molecule has 2 atom stereocenters. The normalized spacial score (nSPS) is 14.3. The standard InChI is InChI=1S/C49H80NO8P/c1-3-5-7-9-11-13-15-17-19-21-23-25-27-29-31-33-35-37-39-41-48(51)55-45-47(46-57-59(53,54)56-44-43-50)58-49(52)42-40-38-36-34-32-30-28-26-24-22-20-18-16-14-12-10-8-6-4-2/h5,7,11-14,17-20,23-26,29-32,47H,3-4,6,8-10,15-16,21-22,27-28,33-46,50H2,1-2H3,(H,53,54)/b7-5+,13-11+,14-12+,19-17+,20-18+,25-23+,26-24+,31-29+,32-30+/t47-/m1/s1. The van der Waals surface area contributed by atoms with Gasteiger partial charge in [0.05, 0.1) is 13.2 Å². The van der Waals surface area contributed by atoms with Crippen molar-refractivity contribution in [1.82, 2.24) is 0 Å². The van der Waals surface area contributed by atoms with Gasteiger partial charge in [-0.25, -0.2) is 4.57 Å². The second kappa shape index (κ2) is 44.2. The summed E-state index contributed by atoms with van der Waals surface area (Å²) in [5, 5.41) is 0. The fourth-order valence-electron chi connectivity index (χ4n) is 5.35. The zero-order valence-electron chi connectivity index (χ0n) is 36.7. The quantitative estimate of drug-likeness (QED) is 0.0267. The van der Waals surface area contributed by atoms with Gasteiger partial charge >= 0.3 is 19.8 Å². The van der Waals surface area contributed by atoms with E-state index in [0.29, 0.717) is 12.8 Å². The van der Waals surface area contributed by atoms with Gasteiger partial charge in [-0.2, -0.15) is 0 Å². The first-order valence-electron chi connectivity index (χ1n) is 22.4. The van der Waals surface area contributed by atoms with E-state index in [1.54, 1.807) is 0 Å². The molecule has 0 fully saturated rings. The van der Waals surface area contributed by atoms with Crippen LogP contribution in [0.25, 0.3) is 0 Å². The van der Waals surface area contributed by atoms with Crippen LogP contribution in [0.3, 0.4) is 0 Å². The second-order valence-electron chi connectivity index (χ2n) is 14.2. The summed E-state index contributed by atoms with van der Waals surface area (Å²) >= 11 is 0. The molecule has 10 heteroatoms. The SMILES string of the molecule is CC/C=C/C/C=C/C/C=C/C/C=C/C/C=C/CCCCCC(=O)OC[C@H](COP(=O)(O)OCCN)OC(=O)CCCCC/C=C/C/C=C/C/C=C/C/C=C/CCCCC. The Bertz CT molecular complexity index is 1330. The number of carbonyl (C=O) groups excluding carboxylic acids is 2. The highest BCUT2D eigenvalue weighted by atomic mass is 31.2. The van der Waals surface area contributed by atoms with Crippen LogP contribution in [0.2, 0.25) is 0 Å². The first-order chi connectivity index (χ1) is 28.8. The lowest BCUT2D eigenvalue weighted by atomic mass is 10.1. The van der Waals surface area contributed by atoms with Crippen molar-refractivity contribution < 1.29 is 37.6 Å². The molecule has 0 aromatic heterocycles. The minimum Gasteiger partial charge on any atom is -0.462 e. The summed E-state index contributed by atoms with van der Waals surface area (Å²) < 4.78 is 32.7. The number of hydrogen-bond donors (Lipinski definition) is 2. The van der Waals surface area contributed by atoms with Crippen LogP contribution in [0, 0.1) is 0 Å². The maximum atomic E-state index is 12.6. The summed E-state index contributed by atoms with van der Waals surface area (Å²) in [6, 6.07) is 0. The average molecular weight is 842 g/mol. The summed E-state index contributed by atoms with van der Waals surface area (Å²) in [7, 11) is -4.40. The van der Waals surface area contributed by atoms with Crippen molar-refractivity contribution >= 4 is 19.8 Å². The lowest BCUT2D eigenvalue weighted by Crippen LogP contribution is -2.29. The maximum Gasteiger partial charge on any atom is 0.472 e. The van der Waals surface area contributed by atoms with Crippen molar-refractivity contribution in [3.63, 3.8) is 0 Å². The number of allylic oxidation sites excluding steroid dienone is 18. The van der Waals surface area contributed by atoms with Crippen molar-refractivity contribution in [3.05, 3.63) is 109 Å². The molecule has 0 saturated heterocycles. The predicted molar refractivity (Wildman–Crippen MR) is 247 cm³/mol. The van der Waals surface area contributed by atoms with Gasteiger partial charge in [0.25, 0.3) is 0 Å². The molecule has 59 heavy (non-hydrogen) atoms. The molecule has 9 nitrogen and oxygen atoms in total. The van der Waals surface area contributed by atoms with Crippen LogP contribution in [0.1, 0.15) is 155 Å². The lowest BCUT2D eigenvalue weighted by Gasteiger charge is -2.19. The number of rotatable bonds is 40. The summed E-state index contributed by atoms with van der Waals surface area (Å²) in [6.45, 7) is 3.49. The molecule has 0 heterocycles. The Morgan fingerprint density at radius 2 is 0.932 bits per heavy atom. The molecule has 334 valence electrons. The molecule has 0 aliphatic rings. The van der Waals surface area contributed by atoms with Gasteiger partial charge in [0.2, 0.25) is 0 Å². The van der Waals surface area contributed by atoms with Crippen molar-refractivity contribution in [2.24, 2.45) is 5.73 Å². The Kier molecular flexibility index (Phi) is 41.7. The summed E-state index contributed by atoms with van der Waals surface area (Å²) in [5.41, 5.74) is 5.35. The average Bonchev–Trinajstić information content (AvgIpc) is 3.22. The molecule has 0 amide bonds. The fourth-order valence-corrected chi connectivity index (χ4v) is 6.11. The fraction of sp³-hybridized carbons (Fsp3) is 0.592. The Hall–Kier alpha value is -3.33. The van der Waals surface area contributed by atoms with Crippen LogP contribution in [0.15, 0.2) is 109 Å². The zero-order valence-corrected chi connectivity index (χ0v) is 37.6. The highest BCUT2D eigenvalue weighted by Crippen LogP contribution is 2.43. The number of hydrogen-bond acceptors (Lipinski definition) is 8. The van der Waals surface area contributed by atoms with Gasteiger partial charge in [0.15, 0.2) is 6.10 Å². The van der Waals surface area contributed by atoms with Crippen molar-refractivity contribution in [2.75, 3.05) is 26.4 Å². The van der Waals surface area contributed by atoms with Gasteiger partial charge in [0, 0.05) is 19.4 Å². The molecule has 1 unspecified atom stereocenters. The molecule has 0 saturated carbocycles. The topological polar surface area (TPSA) is 134 Å². The molecule has 0 rings (SSSR count). The van der Waals surface area contributed by atoms with Gasteiger partial charge < -0.3 is 20.1 Å². The van der Waals surface area contributed by atoms with E-state index in [2.05, 4.69) is 123 Å². The number of carbonyl (C=O) groups is 2. The second-order valence-corrected chi connectivity index (χ2v) is 15.6. The highest BCUT2D eigenvalue weighted by molar-refractivity contribution is 7.47. The van der Waals surface area contributed by atoms with Crippen LogP contribution in [-0.2, 0) is 32.7 Å². The molecule has 0 bridgehead atoms. The highest BCUT2D eigenvalue weighted by Gasteiger charge is 2.25. The van der Waals surface area contributed by atoms with Crippen LogP contribution in [0.4, 0.5) is 0 Å². The van der Waals surface area contributed by atoms with Gasteiger partial charge in [-0.1, -0.05) is 149 Å². The van der Waals surface area contributed by atoms with Gasteiger partial charge in [-0.05, 0) is 103 Å². The van der Waals surface area contributed by atoms with E-state index in [9.17, 15) is 19.0 Å². The summed E-state index contributed by atoms with van der Waals surface area (Å²) in [6.07, 6.45) is 58.3. The smallest absolute Gasteiger partial charge is 0.462 e. The van der Waals surface area contributed by atoms with Crippen LogP contribution in [0.5, 0.6) is 0 Å². The van der Waals surface area contributed by atoms with E-state index in [-0.39, 0.29) is 32.6 Å². The van der Waals surface area contributed by atoms with Crippen molar-refractivity contribution in [1.29, 1.82) is 0 Å². The number of phosphoric ester groups is 1. The number of phosphoric acid groups is 1. The third-order valence-electron chi connectivity index (χ3n) is 8.64. The van der Waals surface area contributed by atoms with Gasteiger partial charge in [0.1, 0.15) is 6.61 Å². The zero-order chi connectivity index (χ0) is 43.2. The largest absolute Gasteiger partial charge is 0.472 e. The molecule has 0 spiro atoms. The minimum absolute atomic E-state index is 0.0364. The lowest BCUT2D eigenvalue weighted by molar-refractivity contribution is -0.161. The first kappa shape index (κ1) is 55.7. The molecule has 0 aliphatic heterocycles. The maximum absolute atomic E-state index is 12.6. The molecule has 3 N–H and O–H groups in total. The molecule has 0 aromatic carbocycles. The Morgan fingerprint density at radius 3 is 1.36 bits per heavy atom. The minimum atomic E-state index is -4.40. The van der Waals surface area contributed by atoms with E-state index in [4.69, 9.17) is 24.3 Å². The Labute approximate surface area is 359 Å². The van der Waals surface area contributed by atoms with E-state index in [1.807, 2.05) is 0 Å². The van der Waals surface area contributed by atoms with E-state index in [1.165, 1.54) is 25.7 Å². The Morgan fingerprint density at radius 1 is 0.525 bits per heavy atom. The summed E-state index contributed by atoms with van der Waals surface area (Å²) in [4.78, 5) is 34.9. The third-order valence-corrected chi connectivity index (χ3v) is 9.63. The summed E-state index contributed by atoms with van der Waals surface area (Å²) in [5.74, 6) is -0.914. The van der Waals surface area contributed by atoms with Crippen molar-refractivity contribution in [3.8, 4) is 0 Å². The molecule has 0 aromatic rings. The number of nitrogens with two attached hydrogens (primary N) is 1. The molecular formula is C49H80NO8P. The molecule has 0 aliphatic carbocycles. The Balaban J connectivity index is 4.30. The van der Waals surface area contributed by atoms with E-state index < -0.39 is 32.5 Å².